The number of fused-ring (bicyclic) bond motifs is 10. The van der Waals surface area contributed by atoms with Crippen LogP contribution in [0, 0.1) is 0 Å². The summed E-state index contributed by atoms with van der Waals surface area (Å²) in [5.74, 6) is 1.32. The highest BCUT2D eigenvalue weighted by molar-refractivity contribution is 5.98. The van der Waals surface area contributed by atoms with E-state index in [1.807, 2.05) is 30.3 Å². The number of rotatable bonds is 3. The van der Waals surface area contributed by atoms with E-state index >= 15 is 0 Å². The van der Waals surface area contributed by atoms with E-state index in [9.17, 15) is 13.6 Å². The predicted molar refractivity (Wildman–Crippen MR) is 128 cm³/mol. The fraction of sp³-hybridized carbons (Fsp3) is 0.259. The summed E-state index contributed by atoms with van der Waals surface area (Å²) in [4.78, 5) is 19.8. The first-order chi connectivity index (χ1) is 17.4. The highest BCUT2D eigenvalue weighted by Gasteiger charge is 2.45. The fourth-order valence-electron chi connectivity index (χ4n) is 5.87. The number of hydrogen-bond acceptors (Lipinski definition) is 5. The Bertz CT molecular complexity index is 1570. The maximum Gasteiger partial charge on any atom is 0.387 e. The minimum absolute atomic E-state index is 0.0212. The number of amides is 1. The van der Waals surface area contributed by atoms with E-state index in [0.717, 1.165) is 39.3 Å². The Labute approximate surface area is 205 Å². The van der Waals surface area contributed by atoms with Gasteiger partial charge in [-0.3, -0.25) is 4.79 Å². The Kier molecular flexibility index (Phi) is 4.45. The SMILES string of the molecule is CN1C(=O)c2cccc(OC(F)F)c2C2C[C@@H]1c1nc3ccc(-c4ccc5c(c4)OC[C@@H]5N)cc3n12. The maximum absolute atomic E-state index is 13.3. The van der Waals surface area contributed by atoms with Gasteiger partial charge in [-0.25, -0.2) is 4.98 Å². The van der Waals surface area contributed by atoms with Crippen LogP contribution in [0.15, 0.2) is 54.6 Å². The Hall–Kier alpha value is -3.98. The number of benzene rings is 3. The van der Waals surface area contributed by atoms with Gasteiger partial charge in [-0.1, -0.05) is 24.3 Å². The second-order valence-electron chi connectivity index (χ2n) is 9.49. The third-order valence-corrected chi connectivity index (χ3v) is 7.57. The molecule has 182 valence electrons. The van der Waals surface area contributed by atoms with Gasteiger partial charge in [0.15, 0.2) is 0 Å². The molecule has 3 aliphatic heterocycles. The van der Waals surface area contributed by atoms with E-state index in [1.54, 1.807) is 24.1 Å². The van der Waals surface area contributed by atoms with Gasteiger partial charge in [-0.2, -0.15) is 8.78 Å². The van der Waals surface area contributed by atoms with Crippen LogP contribution in [0.25, 0.3) is 22.2 Å². The summed E-state index contributed by atoms with van der Waals surface area (Å²) in [7, 11) is 1.73. The summed E-state index contributed by atoms with van der Waals surface area (Å²) in [5, 5.41) is 0. The standard InChI is InChI=1S/C27H22F2N4O3/c1-32-21-11-20(24-16(26(32)34)3-2-4-22(24)36-27(28)29)33-19-9-13(6-8-18(19)31-25(21)33)14-5-7-15-17(30)12-35-23(15)10-14/h2-10,17,20-21,27H,11-12,30H2,1H3/t17-,20?,21+/m0/s1. The lowest BCUT2D eigenvalue weighted by Gasteiger charge is -2.24. The average Bonchev–Trinajstić information content (AvgIpc) is 3.52. The molecule has 0 aliphatic carbocycles. The topological polar surface area (TPSA) is 82.6 Å². The van der Waals surface area contributed by atoms with E-state index in [4.69, 9.17) is 20.2 Å². The van der Waals surface area contributed by atoms with Crippen molar-refractivity contribution in [3.05, 3.63) is 77.1 Å². The number of ether oxygens (including phenoxy) is 2. The number of carbonyl (C=O) groups is 1. The van der Waals surface area contributed by atoms with Crippen molar-refractivity contribution in [2.45, 2.75) is 31.2 Å². The number of carbonyl (C=O) groups excluding carboxylic acids is 1. The highest BCUT2D eigenvalue weighted by Crippen LogP contribution is 2.50. The predicted octanol–water partition coefficient (Wildman–Crippen LogP) is 4.82. The molecule has 4 aromatic rings. The molecule has 0 spiro atoms. The van der Waals surface area contributed by atoms with Crippen LogP contribution in [0.5, 0.6) is 11.5 Å². The zero-order chi connectivity index (χ0) is 24.7. The second-order valence-corrected chi connectivity index (χ2v) is 9.49. The zero-order valence-electron chi connectivity index (χ0n) is 19.3. The first kappa shape index (κ1) is 21.3. The van der Waals surface area contributed by atoms with Gasteiger partial charge in [0.05, 0.1) is 29.2 Å². The smallest absolute Gasteiger partial charge is 0.387 e. The van der Waals surface area contributed by atoms with Crippen molar-refractivity contribution < 1.29 is 23.0 Å². The van der Waals surface area contributed by atoms with Crippen molar-refractivity contribution in [2.24, 2.45) is 5.73 Å². The zero-order valence-corrected chi connectivity index (χ0v) is 19.3. The third kappa shape index (κ3) is 2.92. The molecular formula is C27H22F2N4O3. The molecule has 0 saturated carbocycles. The average molecular weight is 488 g/mol. The first-order valence-electron chi connectivity index (χ1n) is 11.8. The largest absolute Gasteiger partial charge is 0.491 e. The molecule has 3 aromatic carbocycles. The number of nitrogens with zero attached hydrogens (tertiary/aromatic N) is 3. The lowest BCUT2D eigenvalue weighted by Crippen LogP contribution is -2.30. The molecule has 2 N–H and O–H groups in total. The van der Waals surface area contributed by atoms with Gasteiger partial charge in [0.1, 0.15) is 23.9 Å². The number of halogens is 2. The molecule has 7 rings (SSSR count). The van der Waals surface area contributed by atoms with Crippen molar-refractivity contribution >= 4 is 16.9 Å². The second kappa shape index (κ2) is 7.51. The van der Waals surface area contributed by atoms with E-state index in [2.05, 4.69) is 10.6 Å². The molecule has 9 heteroatoms. The number of alkyl halides is 2. The first-order valence-corrected chi connectivity index (χ1v) is 11.8. The van der Waals surface area contributed by atoms with Crippen molar-refractivity contribution in [1.82, 2.24) is 14.5 Å². The molecule has 3 aliphatic rings. The minimum Gasteiger partial charge on any atom is -0.491 e. The highest BCUT2D eigenvalue weighted by atomic mass is 19.3. The molecule has 36 heavy (non-hydrogen) atoms. The molecule has 7 nitrogen and oxygen atoms in total. The van der Waals surface area contributed by atoms with Gasteiger partial charge in [-0.15, -0.1) is 0 Å². The van der Waals surface area contributed by atoms with Crippen LogP contribution in [0.3, 0.4) is 0 Å². The molecular weight excluding hydrogens is 466 g/mol. The van der Waals surface area contributed by atoms with Gasteiger partial charge in [0.25, 0.3) is 5.91 Å². The molecule has 0 saturated heterocycles. The summed E-state index contributed by atoms with van der Waals surface area (Å²) >= 11 is 0. The fourth-order valence-corrected chi connectivity index (χ4v) is 5.87. The van der Waals surface area contributed by atoms with Crippen molar-refractivity contribution in [2.75, 3.05) is 13.7 Å². The summed E-state index contributed by atoms with van der Waals surface area (Å²) in [6.45, 7) is -2.53. The molecule has 3 atom stereocenters. The quantitative estimate of drug-likeness (QED) is 0.447. The number of hydrogen-bond donors (Lipinski definition) is 1. The summed E-state index contributed by atoms with van der Waals surface area (Å²) < 4.78 is 39.3. The maximum atomic E-state index is 13.3. The Morgan fingerprint density at radius 2 is 1.92 bits per heavy atom. The summed E-state index contributed by atoms with van der Waals surface area (Å²) in [6, 6.07) is 16.0. The van der Waals surface area contributed by atoms with E-state index < -0.39 is 6.61 Å². The molecule has 4 heterocycles. The number of nitrogens with two attached hydrogens (primary N) is 1. The van der Waals surface area contributed by atoms with E-state index in [-0.39, 0.29) is 29.8 Å². The van der Waals surface area contributed by atoms with Gasteiger partial charge in [0, 0.05) is 30.2 Å². The monoisotopic (exact) mass is 488 g/mol. The number of imidazole rings is 1. The van der Waals surface area contributed by atoms with Gasteiger partial charge < -0.3 is 24.7 Å². The van der Waals surface area contributed by atoms with Crippen LogP contribution >= 0.6 is 0 Å². The van der Waals surface area contributed by atoms with Gasteiger partial charge in [-0.05, 0) is 41.5 Å². The van der Waals surface area contributed by atoms with E-state index in [1.165, 1.54) is 6.07 Å². The Balaban J connectivity index is 1.42. The lowest BCUT2D eigenvalue weighted by molar-refractivity contribution is -0.0507. The normalized spacial score (nSPS) is 21.9. The van der Waals surface area contributed by atoms with Crippen molar-refractivity contribution in [1.29, 1.82) is 0 Å². The molecule has 0 radical (unpaired) electrons. The molecule has 2 bridgehead atoms. The molecule has 1 unspecified atom stereocenters. The summed E-state index contributed by atoms with van der Waals surface area (Å²) in [5.41, 5.74) is 11.5. The molecule has 1 amide bonds. The summed E-state index contributed by atoms with van der Waals surface area (Å²) in [6.07, 6.45) is 0.534. The van der Waals surface area contributed by atoms with Gasteiger partial charge in [0.2, 0.25) is 0 Å². The van der Waals surface area contributed by atoms with Crippen molar-refractivity contribution in [3.8, 4) is 22.6 Å². The number of aromatic nitrogens is 2. The lowest BCUT2D eigenvalue weighted by atomic mass is 9.97. The van der Waals surface area contributed by atoms with Gasteiger partial charge >= 0.3 is 6.61 Å². The Morgan fingerprint density at radius 1 is 1.11 bits per heavy atom. The van der Waals surface area contributed by atoms with E-state index in [0.29, 0.717) is 24.2 Å². The van der Waals surface area contributed by atoms with Crippen LogP contribution in [0.2, 0.25) is 0 Å². The van der Waals surface area contributed by atoms with Crippen LogP contribution in [-0.4, -0.2) is 40.6 Å². The van der Waals surface area contributed by atoms with Crippen molar-refractivity contribution in [3.63, 3.8) is 0 Å². The van der Waals surface area contributed by atoms with Crippen LogP contribution < -0.4 is 15.2 Å². The Morgan fingerprint density at radius 3 is 2.75 bits per heavy atom. The third-order valence-electron chi connectivity index (χ3n) is 7.57. The van der Waals surface area contributed by atoms with Crippen LogP contribution in [0.4, 0.5) is 8.78 Å². The molecule has 0 fully saturated rings. The minimum atomic E-state index is -2.99. The molecule has 1 aromatic heterocycles. The van der Waals surface area contributed by atoms with Crippen LogP contribution in [0.1, 0.15) is 51.9 Å². The van der Waals surface area contributed by atoms with Crippen LogP contribution in [-0.2, 0) is 0 Å².